The van der Waals surface area contributed by atoms with Gasteiger partial charge in [0.15, 0.2) is 5.76 Å². The Bertz CT molecular complexity index is 622. The normalized spacial score (nSPS) is 11.8. The van der Waals surface area contributed by atoms with Crippen LogP contribution in [0.4, 0.5) is 0 Å². The maximum absolute atomic E-state index is 11.1. The van der Waals surface area contributed by atoms with Crippen molar-refractivity contribution in [2.75, 3.05) is 0 Å². The van der Waals surface area contributed by atoms with E-state index in [1.165, 1.54) is 6.20 Å². The fraction of sp³-hybridized carbons (Fsp3) is 0.462. The number of aliphatic hydroxyl groups is 1. The number of nitrogens with zero attached hydrogens (tertiary/aromatic N) is 3. The number of aromatic nitrogens is 3. The van der Waals surface area contributed by atoms with Crippen molar-refractivity contribution in [3.05, 3.63) is 23.7 Å². The average molecular weight is 279 g/mol. The second-order valence-corrected chi connectivity index (χ2v) is 5.30. The molecule has 0 atom stereocenters. The summed E-state index contributed by atoms with van der Waals surface area (Å²) in [5.74, 6) is -0.894. The van der Waals surface area contributed by atoms with Gasteiger partial charge in [-0.2, -0.15) is 5.10 Å². The van der Waals surface area contributed by atoms with Gasteiger partial charge in [-0.25, -0.2) is 4.79 Å². The van der Waals surface area contributed by atoms with E-state index in [0.29, 0.717) is 18.5 Å². The zero-order valence-corrected chi connectivity index (χ0v) is 11.6. The second kappa shape index (κ2) is 5.09. The molecular weight excluding hydrogens is 262 g/mol. The lowest BCUT2D eigenvalue weighted by Gasteiger charge is -2.17. The largest absolute Gasteiger partial charge is 0.477 e. The number of carboxylic acid groups (broad SMARTS) is 1. The molecule has 0 bridgehead atoms. The molecule has 0 fully saturated rings. The highest BCUT2D eigenvalue weighted by Gasteiger charge is 2.21. The molecule has 0 radical (unpaired) electrons. The van der Waals surface area contributed by atoms with Crippen LogP contribution in [0.5, 0.6) is 0 Å². The predicted molar refractivity (Wildman–Crippen MR) is 70.3 cm³/mol. The predicted octanol–water partition coefficient (Wildman–Crippen LogP) is 1.71. The number of hydrogen-bond acceptors (Lipinski definition) is 5. The molecule has 2 N–H and O–H groups in total. The summed E-state index contributed by atoms with van der Waals surface area (Å²) in [4.78, 5) is 11.1. The van der Waals surface area contributed by atoms with E-state index in [9.17, 15) is 9.90 Å². The van der Waals surface area contributed by atoms with Crippen molar-refractivity contribution < 1.29 is 19.5 Å². The molecule has 2 heterocycles. The topological polar surface area (TPSA) is 101 Å². The Hall–Kier alpha value is -2.15. The molecule has 7 nitrogen and oxygen atoms in total. The van der Waals surface area contributed by atoms with Crippen LogP contribution >= 0.6 is 0 Å². The van der Waals surface area contributed by atoms with Gasteiger partial charge in [-0.15, -0.1) is 0 Å². The first-order valence-corrected chi connectivity index (χ1v) is 6.23. The monoisotopic (exact) mass is 279 g/mol. The van der Waals surface area contributed by atoms with Gasteiger partial charge in [0.1, 0.15) is 5.56 Å². The van der Waals surface area contributed by atoms with Crippen LogP contribution in [0.3, 0.4) is 0 Å². The average Bonchev–Trinajstić information content (AvgIpc) is 2.91. The highest BCUT2D eigenvalue weighted by molar-refractivity contribution is 5.94. The minimum absolute atomic E-state index is 0.00939. The molecular formula is C13H17N3O4. The molecule has 0 aliphatic carbocycles. The Morgan fingerprint density at radius 2 is 2.15 bits per heavy atom. The summed E-state index contributed by atoms with van der Waals surface area (Å²) >= 11 is 0. The maximum Gasteiger partial charge on any atom is 0.341 e. The van der Waals surface area contributed by atoms with E-state index in [1.807, 2.05) is 6.92 Å². The van der Waals surface area contributed by atoms with Gasteiger partial charge in [0.25, 0.3) is 0 Å². The molecule has 7 heteroatoms. The summed E-state index contributed by atoms with van der Waals surface area (Å²) in [5, 5.41) is 26.5. The number of aromatic carboxylic acids is 1. The Balaban J connectivity index is 2.29. The summed E-state index contributed by atoms with van der Waals surface area (Å²) in [7, 11) is 0. The summed E-state index contributed by atoms with van der Waals surface area (Å²) in [6.07, 6.45) is 3.26. The van der Waals surface area contributed by atoms with Crippen LogP contribution in [0.1, 0.15) is 36.3 Å². The number of rotatable bonds is 5. The van der Waals surface area contributed by atoms with Gasteiger partial charge in [0, 0.05) is 12.2 Å². The standard InChI is InChI=1S/C13H17N3O4/c1-8-9(11-10(12(17)18)7-15-20-11)6-14-16(8)5-4-13(2,3)19/h6-7,19H,4-5H2,1-3H3,(H,17,18). The van der Waals surface area contributed by atoms with E-state index in [0.717, 1.165) is 5.69 Å². The second-order valence-electron chi connectivity index (χ2n) is 5.30. The van der Waals surface area contributed by atoms with Gasteiger partial charge in [0.05, 0.1) is 23.6 Å². The molecule has 0 aliphatic rings. The van der Waals surface area contributed by atoms with Crippen molar-refractivity contribution in [1.29, 1.82) is 0 Å². The van der Waals surface area contributed by atoms with Crippen LogP contribution in [0.25, 0.3) is 11.3 Å². The third-order valence-electron chi connectivity index (χ3n) is 3.08. The minimum atomic E-state index is -1.09. The van der Waals surface area contributed by atoms with Crippen molar-refractivity contribution in [2.45, 2.75) is 39.3 Å². The zero-order valence-electron chi connectivity index (χ0n) is 11.6. The fourth-order valence-corrected chi connectivity index (χ4v) is 1.86. The molecule has 2 aromatic heterocycles. The van der Waals surface area contributed by atoms with Crippen molar-refractivity contribution in [3.63, 3.8) is 0 Å². The molecule has 0 aromatic carbocycles. The molecule has 0 saturated carbocycles. The van der Waals surface area contributed by atoms with Crippen molar-refractivity contribution in [1.82, 2.24) is 14.9 Å². The molecule has 0 unspecified atom stereocenters. The first-order chi connectivity index (χ1) is 9.29. The number of hydrogen-bond donors (Lipinski definition) is 2. The summed E-state index contributed by atoms with van der Waals surface area (Å²) in [6.45, 7) is 5.81. The van der Waals surface area contributed by atoms with Gasteiger partial charge < -0.3 is 14.7 Å². The molecule has 2 aromatic rings. The third-order valence-corrected chi connectivity index (χ3v) is 3.08. The lowest BCUT2D eigenvalue weighted by atomic mass is 10.1. The fourth-order valence-electron chi connectivity index (χ4n) is 1.86. The van der Waals surface area contributed by atoms with Crippen LogP contribution in [-0.2, 0) is 6.54 Å². The molecule has 0 amide bonds. The molecule has 20 heavy (non-hydrogen) atoms. The molecule has 0 spiro atoms. The molecule has 108 valence electrons. The Morgan fingerprint density at radius 1 is 1.45 bits per heavy atom. The lowest BCUT2D eigenvalue weighted by molar-refractivity contribution is 0.0648. The van der Waals surface area contributed by atoms with Crippen molar-refractivity contribution in [3.8, 4) is 11.3 Å². The summed E-state index contributed by atoms with van der Waals surface area (Å²) in [6, 6.07) is 0. The van der Waals surface area contributed by atoms with Crippen molar-refractivity contribution in [2.24, 2.45) is 0 Å². The van der Waals surface area contributed by atoms with E-state index in [2.05, 4.69) is 10.3 Å². The molecule has 0 aliphatic heterocycles. The highest BCUT2D eigenvalue weighted by atomic mass is 16.5. The van der Waals surface area contributed by atoms with Crippen LogP contribution < -0.4 is 0 Å². The first kappa shape index (κ1) is 14.3. The zero-order chi connectivity index (χ0) is 14.9. The SMILES string of the molecule is Cc1c(-c2oncc2C(=O)O)cnn1CCC(C)(C)O. The lowest BCUT2D eigenvalue weighted by Crippen LogP contribution is -2.21. The van der Waals surface area contributed by atoms with Gasteiger partial charge in [-0.3, -0.25) is 4.68 Å². The molecule has 0 saturated heterocycles. The Morgan fingerprint density at radius 3 is 2.75 bits per heavy atom. The Kier molecular flexibility index (Phi) is 3.63. The van der Waals surface area contributed by atoms with E-state index >= 15 is 0 Å². The number of aryl methyl sites for hydroxylation is 1. The van der Waals surface area contributed by atoms with Crippen LogP contribution in [-0.4, -0.2) is 36.7 Å². The van der Waals surface area contributed by atoms with Crippen LogP contribution in [0.15, 0.2) is 16.9 Å². The van der Waals surface area contributed by atoms with Crippen LogP contribution in [0, 0.1) is 6.92 Å². The van der Waals surface area contributed by atoms with Gasteiger partial charge in [-0.05, 0) is 27.2 Å². The van der Waals surface area contributed by atoms with Gasteiger partial charge >= 0.3 is 5.97 Å². The summed E-state index contributed by atoms with van der Waals surface area (Å²) in [5.41, 5.74) is 0.594. The quantitative estimate of drug-likeness (QED) is 0.863. The smallest absolute Gasteiger partial charge is 0.341 e. The van der Waals surface area contributed by atoms with Crippen molar-refractivity contribution >= 4 is 5.97 Å². The highest BCUT2D eigenvalue weighted by Crippen LogP contribution is 2.27. The van der Waals surface area contributed by atoms with E-state index < -0.39 is 11.6 Å². The maximum atomic E-state index is 11.1. The number of carboxylic acids is 1. The third kappa shape index (κ3) is 2.88. The Labute approximate surface area is 115 Å². The van der Waals surface area contributed by atoms with Gasteiger partial charge in [0.2, 0.25) is 0 Å². The number of carbonyl (C=O) groups is 1. The van der Waals surface area contributed by atoms with E-state index in [-0.39, 0.29) is 11.3 Å². The van der Waals surface area contributed by atoms with E-state index in [1.54, 1.807) is 24.7 Å². The first-order valence-electron chi connectivity index (χ1n) is 6.23. The van der Waals surface area contributed by atoms with Gasteiger partial charge in [-0.1, -0.05) is 5.16 Å². The summed E-state index contributed by atoms with van der Waals surface area (Å²) < 4.78 is 6.73. The van der Waals surface area contributed by atoms with E-state index in [4.69, 9.17) is 9.63 Å². The minimum Gasteiger partial charge on any atom is -0.477 e. The molecule has 2 rings (SSSR count). The van der Waals surface area contributed by atoms with Crippen LogP contribution in [0.2, 0.25) is 0 Å².